The van der Waals surface area contributed by atoms with E-state index in [-0.39, 0.29) is 48.2 Å². The summed E-state index contributed by atoms with van der Waals surface area (Å²) in [6, 6.07) is 12.1. The van der Waals surface area contributed by atoms with Crippen molar-refractivity contribution in [2.24, 2.45) is 0 Å². The fraction of sp³-hybridized carbons (Fsp3) is 0.341. The van der Waals surface area contributed by atoms with Gasteiger partial charge in [-0.3, -0.25) is 33.4 Å². The molecule has 0 unspecified atom stereocenters. The zero-order valence-corrected chi connectivity index (χ0v) is 34.6. The molecule has 0 aliphatic carbocycles. The Kier molecular flexibility index (Phi) is 11.1. The molecule has 15 heteroatoms. The van der Waals surface area contributed by atoms with Crippen LogP contribution >= 0.6 is 31.9 Å². The molecule has 2 N–H and O–H groups in total. The molecule has 0 saturated carbocycles. The number of benzene rings is 2. The minimum absolute atomic E-state index is 0.00289. The third kappa shape index (κ3) is 7.71. The molecule has 0 radical (unpaired) electrons. The lowest BCUT2D eigenvalue weighted by Gasteiger charge is -2.41. The summed E-state index contributed by atoms with van der Waals surface area (Å²) in [5, 5.41) is 8.19. The monoisotopic (exact) mass is 886 g/mol. The van der Waals surface area contributed by atoms with E-state index in [1.165, 1.54) is 6.08 Å². The molecule has 292 valence electrons. The molecule has 4 aliphatic rings. The van der Waals surface area contributed by atoms with Crippen LogP contribution in [0.2, 0.25) is 0 Å². The second kappa shape index (κ2) is 15.9. The van der Waals surface area contributed by atoms with Crippen LogP contribution in [0.1, 0.15) is 41.2 Å². The van der Waals surface area contributed by atoms with Gasteiger partial charge in [0.1, 0.15) is 6.54 Å². The molecule has 8 rings (SSSR count). The van der Waals surface area contributed by atoms with Gasteiger partial charge in [-0.2, -0.15) is 0 Å². The number of carbonyl (C=O) groups is 5. The smallest absolute Gasteiger partial charge is 0.246 e. The number of amides is 4. The van der Waals surface area contributed by atoms with Crippen molar-refractivity contribution in [2.75, 3.05) is 32.7 Å². The normalized spacial score (nSPS) is 16.4. The third-order valence-electron chi connectivity index (χ3n) is 10.9. The van der Waals surface area contributed by atoms with Crippen LogP contribution in [0.25, 0.3) is 21.8 Å². The third-order valence-corrected chi connectivity index (χ3v) is 11.9. The number of allylic oxidation sites excluding steroid dienone is 1. The van der Waals surface area contributed by atoms with E-state index in [0.29, 0.717) is 45.8 Å². The van der Waals surface area contributed by atoms with Gasteiger partial charge in [0, 0.05) is 108 Å². The van der Waals surface area contributed by atoms with Crippen LogP contribution in [-0.2, 0) is 51.9 Å². The molecule has 56 heavy (non-hydrogen) atoms. The fourth-order valence-electron chi connectivity index (χ4n) is 8.03. The van der Waals surface area contributed by atoms with Crippen LogP contribution in [0, 0.1) is 0 Å². The number of rotatable bonds is 9. The number of nitrogens with one attached hydrogen (secondary N) is 2. The first-order valence-corrected chi connectivity index (χ1v) is 20.0. The molecule has 2 saturated heterocycles. The van der Waals surface area contributed by atoms with Crippen molar-refractivity contribution in [1.82, 2.24) is 39.4 Å². The van der Waals surface area contributed by atoms with Gasteiger partial charge in [0.25, 0.3) is 0 Å². The first-order valence-electron chi connectivity index (χ1n) is 18.4. The predicted molar refractivity (Wildman–Crippen MR) is 221 cm³/mol. The number of halogens is 2. The molecule has 0 spiro atoms. The van der Waals surface area contributed by atoms with E-state index in [1.807, 2.05) is 41.0 Å². The standard InChI is InChI=1S/C21H23BrN4O2.C20H21BrN4O3/c1-4-13(2)25-8-16(9-25)23-21(28)12-24-10-18-17-7-15(22)5-6-19(17)26(14(3)27)20(18)11-24;1-3-20(28)24-7-14(8-24)22-19(27)11-25-17-5-4-13(21)6-15(17)16-9-23(12(2)26)10-18(16)25/h4-7,16H,1-2,8-12H2,3H3,(H,23,28);3-6,14H,1,7-11H2,2H3,(H,22,27). The Bertz CT molecular complexity index is 2330. The van der Waals surface area contributed by atoms with Crippen molar-refractivity contribution in [3.05, 3.63) is 105 Å². The molecule has 0 bridgehead atoms. The summed E-state index contributed by atoms with van der Waals surface area (Å²) < 4.78 is 5.72. The Hall–Kier alpha value is -4.99. The predicted octanol–water partition coefficient (Wildman–Crippen LogP) is 4.66. The average molecular weight is 889 g/mol. The SMILES string of the molecule is C=CC(=C)N1CC(NC(=O)CN2Cc3c(n(C(C)=O)c4ccc(Br)cc34)C2)C1.C=CC(=O)N1CC(NC(=O)Cn2c3c(c4cc(Br)ccc42)CN(C(C)=O)C3)C1. The van der Waals surface area contributed by atoms with Gasteiger partial charge in [0.15, 0.2) is 0 Å². The molecule has 4 amide bonds. The van der Waals surface area contributed by atoms with Gasteiger partial charge in [0.2, 0.25) is 29.5 Å². The molecule has 2 aromatic heterocycles. The summed E-state index contributed by atoms with van der Waals surface area (Å²) in [4.78, 5) is 68.3. The zero-order valence-electron chi connectivity index (χ0n) is 31.4. The van der Waals surface area contributed by atoms with Crippen LogP contribution in [-0.4, -0.2) is 103 Å². The van der Waals surface area contributed by atoms with Crippen molar-refractivity contribution >= 4 is 83.2 Å². The molecule has 2 aromatic carbocycles. The summed E-state index contributed by atoms with van der Waals surface area (Å²) in [5.41, 5.74) is 7.05. The van der Waals surface area contributed by atoms with E-state index in [4.69, 9.17) is 0 Å². The first-order chi connectivity index (χ1) is 26.7. The summed E-state index contributed by atoms with van der Waals surface area (Å²) in [5.74, 6) is -0.179. The summed E-state index contributed by atoms with van der Waals surface area (Å²) in [6.45, 7) is 19.6. The van der Waals surface area contributed by atoms with Crippen molar-refractivity contribution in [1.29, 1.82) is 0 Å². The maximum Gasteiger partial charge on any atom is 0.246 e. The summed E-state index contributed by atoms with van der Waals surface area (Å²) in [6.07, 6.45) is 3.01. The molecule has 0 atom stereocenters. The fourth-order valence-corrected chi connectivity index (χ4v) is 8.75. The number of likely N-dealkylation sites (tertiary alicyclic amines) is 2. The maximum atomic E-state index is 12.6. The summed E-state index contributed by atoms with van der Waals surface area (Å²) >= 11 is 7.03. The van der Waals surface area contributed by atoms with Crippen LogP contribution in [0.15, 0.2) is 82.9 Å². The molecule has 4 aromatic rings. The Morgan fingerprint density at radius 1 is 0.696 bits per heavy atom. The van der Waals surface area contributed by atoms with Crippen molar-refractivity contribution in [3.63, 3.8) is 0 Å². The molecule has 6 heterocycles. The minimum atomic E-state index is -0.116. The maximum absolute atomic E-state index is 12.6. The minimum Gasteiger partial charge on any atom is -0.368 e. The van der Waals surface area contributed by atoms with Crippen molar-refractivity contribution in [3.8, 4) is 0 Å². The van der Waals surface area contributed by atoms with Crippen LogP contribution in [0.4, 0.5) is 0 Å². The Morgan fingerprint density at radius 3 is 1.86 bits per heavy atom. The Labute approximate surface area is 341 Å². The largest absolute Gasteiger partial charge is 0.368 e. The summed E-state index contributed by atoms with van der Waals surface area (Å²) in [7, 11) is 0. The highest BCUT2D eigenvalue weighted by atomic mass is 79.9. The quantitative estimate of drug-likeness (QED) is 0.185. The van der Waals surface area contributed by atoms with Crippen molar-refractivity contribution < 1.29 is 24.0 Å². The Morgan fingerprint density at radius 2 is 1.27 bits per heavy atom. The number of nitrogens with zero attached hydrogens (tertiary/aromatic N) is 6. The number of hydrogen-bond donors (Lipinski definition) is 2. The van der Waals surface area contributed by atoms with E-state index >= 15 is 0 Å². The van der Waals surface area contributed by atoms with Crippen molar-refractivity contribution in [2.45, 2.75) is 58.7 Å². The van der Waals surface area contributed by atoms with Gasteiger partial charge in [-0.05, 0) is 54.1 Å². The van der Waals surface area contributed by atoms with Gasteiger partial charge in [-0.1, -0.05) is 51.6 Å². The van der Waals surface area contributed by atoms with Crippen LogP contribution in [0.3, 0.4) is 0 Å². The highest BCUT2D eigenvalue weighted by Gasteiger charge is 2.34. The van der Waals surface area contributed by atoms with Crippen LogP contribution < -0.4 is 10.6 Å². The highest BCUT2D eigenvalue weighted by molar-refractivity contribution is 9.10. The molecular weight excluding hydrogens is 844 g/mol. The van der Waals surface area contributed by atoms with Gasteiger partial charge in [-0.25, -0.2) is 0 Å². The van der Waals surface area contributed by atoms with E-state index in [2.05, 4.69) is 72.0 Å². The lowest BCUT2D eigenvalue weighted by atomic mass is 10.1. The van der Waals surface area contributed by atoms with Crippen LogP contribution in [0.5, 0.6) is 0 Å². The van der Waals surface area contributed by atoms with E-state index in [0.717, 1.165) is 72.1 Å². The topological polar surface area (TPSA) is 132 Å². The first kappa shape index (κ1) is 39.3. The lowest BCUT2D eigenvalue weighted by molar-refractivity contribution is -0.133. The average Bonchev–Trinajstić information content (AvgIpc) is 3.87. The molecule has 4 aliphatic heterocycles. The Balaban J connectivity index is 0.000000172. The number of aromatic nitrogens is 2. The molecule has 13 nitrogen and oxygen atoms in total. The lowest BCUT2D eigenvalue weighted by Crippen LogP contribution is -2.61. The number of fused-ring (bicyclic) bond motifs is 6. The van der Waals surface area contributed by atoms with Gasteiger partial charge >= 0.3 is 0 Å². The molecular formula is C41H44Br2N8O5. The highest BCUT2D eigenvalue weighted by Crippen LogP contribution is 2.36. The van der Waals surface area contributed by atoms with E-state index < -0.39 is 0 Å². The van der Waals surface area contributed by atoms with E-state index in [1.54, 1.807) is 34.3 Å². The van der Waals surface area contributed by atoms with E-state index in [9.17, 15) is 24.0 Å². The second-order valence-electron chi connectivity index (χ2n) is 14.7. The van der Waals surface area contributed by atoms with Gasteiger partial charge < -0.3 is 29.9 Å². The number of hydrogen-bond acceptors (Lipinski definition) is 7. The zero-order chi connectivity index (χ0) is 40.0. The second-order valence-corrected chi connectivity index (χ2v) is 16.5. The molecule has 2 fully saturated rings. The van der Waals surface area contributed by atoms with Gasteiger partial charge in [-0.15, -0.1) is 0 Å². The van der Waals surface area contributed by atoms with Gasteiger partial charge in [0.05, 0.1) is 30.7 Å². The number of carbonyl (C=O) groups excluding carboxylic acids is 5.